The van der Waals surface area contributed by atoms with Gasteiger partial charge in [-0.05, 0) is 267 Å². The summed E-state index contributed by atoms with van der Waals surface area (Å²) in [5.41, 5.74) is 6.49. The molecule has 5 fully saturated rings. The molecule has 0 radical (unpaired) electrons. The molecule has 5 aliphatic heterocycles. The van der Waals surface area contributed by atoms with E-state index in [2.05, 4.69) is 78.0 Å². The van der Waals surface area contributed by atoms with Crippen LogP contribution in [0.25, 0.3) is 0 Å². The largest absolute Gasteiger partial charge is 0.381 e. The normalized spacial score (nSPS) is 18.0. The predicted octanol–water partition coefficient (Wildman–Crippen LogP) is 25.3. The van der Waals surface area contributed by atoms with Crippen molar-refractivity contribution in [3.8, 4) is 0 Å². The van der Waals surface area contributed by atoms with Gasteiger partial charge in [0.05, 0.1) is 41.6 Å². The molecule has 0 amide bonds. The van der Waals surface area contributed by atoms with Gasteiger partial charge in [0.25, 0.3) is 0 Å². The summed E-state index contributed by atoms with van der Waals surface area (Å²) in [6.07, 6.45) is 12.4. The van der Waals surface area contributed by atoms with Gasteiger partial charge >= 0.3 is 0 Å². The number of carbonyl (C=O) groups is 6. The number of hydrogen-bond acceptors (Lipinski definition) is 13. The molecule has 5 saturated heterocycles. The maximum absolute atomic E-state index is 12.6. The van der Waals surface area contributed by atoms with Crippen molar-refractivity contribution < 1.29 is 33.5 Å². The molecule has 0 N–H and O–H groups in total. The summed E-state index contributed by atoms with van der Waals surface area (Å²) in [4.78, 5) is 89.9. The van der Waals surface area contributed by atoms with Gasteiger partial charge in [-0.3, -0.25) is 28.8 Å². The molecule has 0 aromatic heterocycles. The molecule has 0 bridgehead atoms. The van der Waals surface area contributed by atoms with Crippen molar-refractivity contribution in [1.29, 1.82) is 0 Å². The molecule has 11 rings (SSSR count). The van der Waals surface area contributed by atoms with E-state index in [1.807, 2.05) is 229 Å². The van der Waals surface area contributed by atoms with Crippen LogP contribution < -0.4 is 0 Å². The molecule has 692 valence electrons. The lowest BCUT2D eigenvalue weighted by Crippen LogP contribution is -2.40. The molecule has 0 aliphatic carbocycles. The van der Waals surface area contributed by atoms with E-state index >= 15 is 0 Å². The van der Waals surface area contributed by atoms with Crippen LogP contribution >= 0.6 is 69.6 Å². The first-order chi connectivity index (χ1) is 59.2. The Morgan fingerprint density at radius 1 is 0.280 bits per heavy atom. The van der Waals surface area contributed by atoms with Gasteiger partial charge in [0.15, 0.2) is 0 Å². The van der Waals surface area contributed by atoms with E-state index < -0.39 is 0 Å². The van der Waals surface area contributed by atoms with Crippen molar-refractivity contribution in [1.82, 2.24) is 29.4 Å². The van der Waals surface area contributed by atoms with Crippen molar-refractivity contribution in [3.05, 3.63) is 209 Å². The van der Waals surface area contributed by atoms with Gasteiger partial charge in [-0.1, -0.05) is 253 Å². The summed E-state index contributed by atoms with van der Waals surface area (Å²) in [5, 5.41) is 4.31. The minimum absolute atomic E-state index is 0.0318. The number of piperidine rings is 5. The fourth-order valence-electron chi connectivity index (χ4n) is 16.8. The minimum atomic E-state index is -0.0790. The highest BCUT2D eigenvalue weighted by Crippen LogP contribution is 2.34. The summed E-state index contributed by atoms with van der Waals surface area (Å²) in [5.74, 6) is 5.23. The van der Waals surface area contributed by atoms with Gasteiger partial charge in [0.1, 0.15) is 34.7 Å². The Morgan fingerprint density at radius 3 is 0.584 bits per heavy atom. The van der Waals surface area contributed by atoms with Crippen LogP contribution in [0.2, 0.25) is 30.1 Å². The molecule has 125 heavy (non-hydrogen) atoms. The molecule has 5 aliphatic rings. The van der Waals surface area contributed by atoms with Crippen LogP contribution in [0.15, 0.2) is 146 Å². The summed E-state index contributed by atoms with van der Waals surface area (Å²) in [6.45, 7) is 53.0. The first kappa shape index (κ1) is 109. The van der Waals surface area contributed by atoms with Gasteiger partial charge in [-0.25, -0.2) is 0 Å². The quantitative estimate of drug-likeness (QED) is 0.0397. The molecule has 0 spiro atoms. The number of likely N-dealkylation sites (N-methyl/N-ethyl adjacent to an activating group) is 1. The third kappa shape index (κ3) is 37.9. The Morgan fingerprint density at radius 2 is 0.432 bits per heavy atom. The Bertz CT molecular complexity index is 3750. The number of Topliss-reactive ketones (excluding diaryl/α,β-unsaturated/α-hetero) is 6. The number of rotatable bonds is 32. The van der Waals surface area contributed by atoms with Crippen molar-refractivity contribution in [2.75, 3.05) is 119 Å². The van der Waals surface area contributed by atoms with Crippen molar-refractivity contribution in [3.63, 3.8) is 0 Å². The number of methoxy groups -OCH3 is 1. The molecule has 5 heterocycles. The standard InChI is InChI=1S/C18H26ClNO2.4C18H26ClNO.C16H24ClNO/c1-13(2)18(21)17(14-4-6-15(19)7-5-14)12-20-10-8-16(22-3)9-11-20;4*1-13(2)18(21)17(15-4-6-16(19)7-5-15)12-20-10-8-14(3)9-11-20;1-11(2)16(19)15(10-18(5)12(3)4)13-6-8-14(17)9-7-13/h4-7,13,16-17H,8-12H2,1-3H3;4*4-7,13-14,17H,8-12H2,1-3H3;6-9,11-12,15H,10H2,1-5H3/t5*17-;15-/m011001/s1. The van der Waals surface area contributed by atoms with Crippen molar-refractivity contribution >= 4 is 104 Å². The maximum atomic E-state index is 12.6. The zero-order chi connectivity index (χ0) is 92.3. The van der Waals surface area contributed by atoms with Crippen LogP contribution in [0.4, 0.5) is 0 Å². The summed E-state index contributed by atoms with van der Waals surface area (Å²) in [7, 11) is 3.83. The average molecular weight is 1840 g/mol. The first-order valence-corrected chi connectivity index (χ1v) is 49.1. The van der Waals surface area contributed by atoms with Gasteiger partial charge in [0, 0.05) is 131 Å². The molecule has 0 unspecified atom stereocenters. The second-order valence-corrected chi connectivity index (χ2v) is 41.3. The smallest absolute Gasteiger partial charge is 0.144 e. The molecular weight excluding hydrogens is 1680 g/mol. The Hall–Kier alpha value is -5.20. The number of hydrogen-bond donors (Lipinski definition) is 0. The van der Waals surface area contributed by atoms with Crippen LogP contribution in [0, 0.1) is 59.2 Å². The van der Waals surface area contributed by atoms with E-state index in [4.69, 9.17) is 74.3 Å². The number of halogens is 6. The molecule has 0 saturated carbocycles. The molecule has 19 heteroatoms. The van der Waals surface area contributed by atoms with E-state index in [0.717, 1.165) is 195 Å². The summed E-state index contributed by atoms with van der Waals surface area (Å²) < 4.78 is 5.42. The Balaban J connectivity index is 0.000000232. The summed E-state index contributed by atoms with van der Waals surface area (Å²) in [6, 6.07) is 46.8. The highest BCUT2D eigenvalue weighted by atomic mass is 35.5. The lowest BCUT2D eigenvalue weighted by atomic mass is 9.87. The lowest BCUT2D eigenvalue weighted by Gasteiger charge is -2.33. The highest BCUT2D eigenvalue weighted by molar-refractivity contribution is 6.32. The van der Waals surface area contributed by atoms with Crippen LogP contribution in [0.5, 0.6) is 0 Å². The average Bonchev–Trinajstić information content (AvgIpc) is 0.864. The predicted molar refractivity (Wildman–Crippen MR) is 528 cm³/mol. The zero-order valence-electron chi connectivity index (χ0n) is 79.4. The number of carbonyl (C=O) groups excluding carboxylic acids is 6. The van der Waals surface area contributed by atoms with Crippen molar-refractivity contribution in [2.45, 2.75) is 236 Å². The highest BCUT2D eigenvalue weighted by Gasteiger charge is 2.34. The van der Waals surface area contributed by atoms with Gasteiger partial charge in [-0.2, -0.15) is 0 Å². The first-order valence-electron chi connectivity index (χ1n) is 46.8. The van der Waals surface area contributed by atoms with E-state index in [9.17, 15) is 28.8 Å². The topological polar surface area (TPSA) is 131 Å². The van der Waals surface area contributed by atoms with Crippen LogP contribution in [-0.2, 0) is 33.5 Å². The second-order valence-electron chi connectivity index (χ2n) is 38.7. The summed E-state index contributed by atoms with van der Waals surface area (Å²) >= 11 is 35.8. The van der Waals surface area contributed by atoms with E-state index in [1.54, 1.807) is 7.11 Å². The molecule has 6 atom stereocenters. The molecular formula is C106H154Cl6N6O7. The molecule has 6 aromatic rings. The van der Waals surface area contributed by atoms with E-state index in [1.165, 1.54) is 51.4 Å². The van der Waals surface area contributed by atoms with Gasteiger partial charge < -0.3 is 34.1 Å². The molecule has 6 aromatic carbocycles. The van der Waals surface area contributed by atoms with E-state index in [-0.39, 0.29) is 76.8 Å². The zero-order valence-corrected chi connectivity index (χ0v) is 84.0. The Labute approximate surface area is 785 Å². The van der Waals surface area contributed by atoms with Crippen LogP contribution in [0.1, 0.15) is 258 Å². The van der Waals surface area contributed by atoms with Gasteiger partial charge in [0.2, 0.25) is 0 Å². The third-order valence-electron chi connectivity index (χ3n) is 26.0. The third-order valence-corrected chi connectivity index (χ3v) is 27.5. The van der Waals surface area contributed by atoms with E-state index in [0.29, 0.717) is 51.1 Å². The molecule has 13 nitrogen and oxygen atoms in total. The number of ether oxygens (including phenoxy) is 1. The maximum Gasteiger partial charge on any atom is 0.144 e. The number of ketones is 6. The van der Waals surface area contributed by atoms with Crippen LogP contribution in [0.3, 0.4) is 0 Å². The SMILES string of the molecule is CC(C)C(=O)[C@H](CN(C)C(C)C)c1ccc(Cl)cc1.CC1CCN(C[C@@H](C(=O)C(C)C)c2ccc(Cl)cc2)CC1.CC1CCN(C[C@@H](C(=O)C(C)C)c2ccc(Cl)cc2)CC1.CC1CCN(C[C@H](C(=O)C(C)C)c2ccc(Cl)cc2)CC1.CC1CCN(C[C@H](C(=O)C(C)C)c2ccc(Cl)cc2)CC1.COC1CCN(C[C@H](C(=O)C(C)C)c2ccc(Cl)cc2)CC1. The lowest BCUT2D eigenvalue weighted by molar-refractivity contribution is -0.124. The number of benzene rings is 6. The van der Waals surface area contributed by atoms with Gasteiger partial charge in [-0.15, -0.1) is 0 Å². The van der Waals surface area contributed by atoms with Crippen molar-refractivity contribution in [2.24, 2.45) is 59.2 Å². The fourth-order valence-corrected chi connectivity index (χ4v) is 17.6. The minimum Gasteiger partial charge on any atom is -0.381 e. The number of nitrogens with zero attached hydrogens (tertiary/aromatic N) is 6. The fraction of sp³-hybridized carbons (Fsp3) is 0.604. The Kier molecular flexibility index (Phi) is 48.5. The van der Waals surface area contributed by atoms with Crippen LogP contribution in [-0.4, -0.2) is 195 Å². The number of likely N-dealkylation sites (tertiary alicyclic amines) is 5. The monoisotopic (exact) mass is 1830 g/mol. The second kappa shape index (κ2) is 55.9.